The van der Waals surface area contributed by atoms with Crippen LogP contribution in [0.3, 0.4) is 0 Å². The maximum absolute atomic E-state index is 9.83. The third-order valence-corrected chi connectivity index (χ3v) is 5.75. The van der Waals surface area contributed by atoms with E-state index in [1.807, 2.05) is 42.5 Å². The molecule has 0 aliphatic heterocycles. The van der Waals surface area contributed by atoms with Crippen LogP contribution in [0.25, 0.3) is 11.6 Å². The predicted octanol–water partition coefficient (Wildman–Crippen LogP) is 7.53. The zero-order chi connectivity index (χ0) is 22.4. The lowest BCUT2D eigenvalue weighted by Crippen LogP contribution is -1.98. The molecule has 0 aromatic heterocycles. The molecule has 0 heterocycles. The van der Waals surface area contributed by atoms with Crippen molar-refractivity contribution in [3.05, 3.63) is 85.3 Å². The molecule has 0 atom stereocenters. The summed E-state index contributed by atoms with van der Waals surface area (Å²) in [6.45, 7) is 0.358. The predicted molar refractivity (Wildman–Crippen MR) is 131 cm³/mol. The molecule has 0 amide bonds. The van der Waals surface area contributed by atoms with Crippen LogP contribution in [-0.2, 0) is 6.61 Å². The van der Waals surface area contributed by atoms with E-state index >= 15 is 0 Å². The van der Waals surface area contributed by atoms with Gasteiger partial charge in [0.15, 0.2) is 11.5 Å². The average molecular weight is 564 g/mol. The van der Waals surface area contributed by atoms with Gasteiger partial charge in [0.2, 0.25) is 0 Å². The molecule has 3 aromatic rings. The number of benzene rings is 3. The van der Waals surface area contributed by atoms with Crippen LogP contribution in [0.5, 0.6) is 17.2 Å². The Morgan fingerprint density at radius 3 is 2.35 bits per heavy atom. The van der Waals surface area contributed by atoms with Crippen LogP contribution in [-0.4, -0.2) is 14.2 Å². The standard InChI is InChI=1S/C24H18Br2ClNO3/c1-29-22-8-5-16(11-23(22)30-2)18(13-28)9-17-10-19(25)12-21(26)24(17)31-14-15-3-6-20(27)7-4-15/h3-12H,14H2,1-2H3/b18-9+. The molecule has 31 heavy (non-hydrogen) atoms. The second-order valence-electron chi connectivity index (χ2n) is 6.46. The van der Waals surface area contributed by atoms with Crippen molar-refractivity contribution in [1.29, 1.82) is 5.26 Å². The number of methoxy groups -OCH3 is 2. The van der Waals surface area contributed by atoms with Crippen LogP contribution in [0, 0.1) is 11.3 Å². The summed E-state index contributed by atoms with van der Waals surface area (Å²) in [4.78, 5) is 0. The zero-order valence-electron chi connectivity index (χ0n) is 16.8. The highest BCUT2D eigenvalue weighted by Crippen LogP contribution is 2.37. The van der Waals surface area contributed by atoms with Crippen molar-refractivity contribution in [2.45, 2.75) is 6.61 Å². The van der Waals surface area contributed by atoms with Crippen molar-refractivity contribution in [3.63, 3.8) is 0 Å². The van der Waals surface area contributed by atoms with Gasteiger partial charge in [0, 0.05) is 15.1 Å². The molecule has 3 rings (SSSR count). The Kier molecular flexibility index (Phi) is 8.03. The van der Waals surface area contributed by atoms with Crippen molar-refractivity contribution >= 4 is 55.1 Å². The van der Waals surface area contributed by atoms with E-state index in [1.54, 1.807) is 32.4 Å². The van der Waals surface area contributed by atoms with Gasteiger partial charge < -0.3 is 14.2 Å². The minimum atomic E-state index is 0.358. The lowest BCUT2D eigenvalue weighted by Gasteiger charge is -2.13. The smallest absolute Gasteiger partial charge is 0.161 e. The number of ether oxygens (including phenoxy) is 3. The van der Waals surface area contributed by atoms with Crippen molar-refractivity contribution in [1.82, 2.24) is 0 Å². The first-order valence-electron chi connectivity index (χ1n) is 9.15. The third kappa shape index (κ3) is 5.82. The first-order valence-corrected chi connectivity index (χ1v) is 11.1. The molecule has 4 nitrogen and oxygen atoms in total. The van der Waals surface area contributed by atoms with Crippen LogP contribution in [0.4, 0.5) is 0 Å². The minimum Gasteiger partial charge on any atom is -0.493 e. The molecular weight excluding hydrogens is 546 g/mol. The van der Waals surface area contributed by atoms with Gasteiger partial charge >= 0.3 is 0 Å². The molecule has 7 heteroatoms. The lowest BCUT2D eigenvalue weighted by molar-refractivity contribution is 0.303. The summed E-state index contributed by atoms with van der Waals surface area (Å²) in [6, 6.07) is 18.9. The molecule has 0 fully saturated rings. The summed E-state index contributed by atoms with van der Waals surface area (Å²) in [5.74, 6) is 1.78. The van der Waals surface area contributed by atoms with E-state index in [1.165, 1.54) is 0 Å². The summed E-state index contributed by atoms with van der Waals surface area (Å²) in [6.07, 6.45) is 1.79. The van der Waals surface area contributed by atoms with Crippen LogP contribution in [0.1, 0.15) is 16.7 Å². The summed E-state index contributed by atoms with van der Waals surface area (Å²) in [5, 5.41) is 10.5. The SMILES string of the molecule is COc1ccc(/C(C#N)=C/c2cc(Br)cc(Br)c2OCc2ccc(Cl)cc2)cc1OC. The fraction of sp³-hybridized carbons (Fsp3) is 0.125. The van der Waals surface area contributed by atoms with E-state index < -0.39 is 0 Å². The summed E-state index contributed by atoms with van der Waals surface area (Å²) in [5.41, 5.74) is 2.90. The quantitative estimate of drug-likeness (QED) is 0.220. The Bertz CT molecular complexity index is 1150. The molecule has 0 unspecified atom stereocenters. The van der Waals surface area contributed by atoms with E-state index in [-0.39, 0.29) is 0 Å². The topological polar surface area (TPSA) is 51.5 Å². The van der Waals surface area contributed by atoms with E-state index in [9.17, 15) is 5.26 Å². The molecule has 0 bridgehead atoms. The summed E-state index contributed by atoms with van der Waals surface area (Å²) in [7, 11) is 3.13. The Balaban J connectivity index is 1.99. The van der Waals surface area contributed by atoms with Crippen molar-refractivity contribution in [3.8, 4) is 23.3 Å². The second-order valence-corrected chi connectivity index (χ2v) is 8.67. The number of rotatable bonds is 7. The molecule has 0 N–H and O–H groups in total. The summed E-state index contributed by atoms with van der Waals surface area (Å²) >= 11 is 13.0. The zero-order valence-corrected chi connectivity index (χ0v) is 20.7. The van der Waals surface area contributed by atoms with Gasteiger partial charge in [-0.1, -0.05) is 39.7 Å². The van der Waals surface area contributed by atoms with Gasteiger partial charge in [0.25, 0.3) is 0 Å². The third-order valence-electron chi connectivity index (χ3n) is 4.45. The molecule has 3 aromatic carbocycles. The maximum Gasteiger partial charge on any atom is 0.161 e. The Morgan fingerprint density at radius 2 is 1.71 bits per heavy atom. The van der Waals surface area contributed by atoms with Crippen molar-refractivity contribution in [2.75, 3.05) is 14.2 Å². The fourth-order valence-electron chi connectivity index (χ4n) is 2.92. The largest absolute Gasteiger partial charge is 0.493 e. The maximum atomic E-state index is 9.83. The van der Waals surface area contributed by atoms with Gasteiger partial charge in [-0.15, -0.1) is 0 Å². The highest BCUT2D eigenvalue weighted by Gasteiger charge is 2.13. The van der Waals surface area contributed by atoms with E-state index in [0.717, 1.165) is 20.1 Å². The normalized spacial score (nSPS) is 11.0. The van der Waals surface area contributed by atoms with Crippen LogP contribution < -0.4 is 14.2 Å². The number of halogens is 3. The molecule has 0 aliphatic carbocycles. The molecule has 0 saturated heterocycles. The van der Waals surface area contributed by atoms with Crippen LogP contribution >= 0.6 is 43.5 Å². The van der Waals surface area contributed by atoms with E-state index in [0.29, 0.717) is 40.0 Å². The number of nitrogens with zero attached hydrogens (tertiary/aromatic N) is 1. The minimum absolute atomic E-state index is 0.358. The molecule has 0 aliphatic rings. The first kappa shape index (κ1) is 23.2. The van der Waals surface area contributed by atoms with Gasteiger partial charge in [0.1, 0.15) is 12.4 Å². The molecule has 0 saturated carbocycles. The Morgan fingerprint density at radius 1 is 1.00 bits per heavy atom. The number of hydrogen-bond donors (Lipinski definition) is 0. The van der Waals surface area contributed by atoms with Gasteiger partial charge in [-0.25, -0.2) is 0 Å². The molecule has 0 radical (unpaired) electrons. The Labute approximate surface area is 203 Å². The number of allylic oxidation sites excluding steroid dienone is 1. The monoisotopic (exact) mass is 561 g/mol. The van der Waals surface area contributed by atoms with Gasteiger partial charge in [-0.05, 0) is 75.6 Å². The van der Waals surface area contributed by atoms with Crippen LogP contribution in [0.2, 0.25) is 5.02 Å². The highest BCUT2D eigenvalue weighted by molar-refractivity contribution is 9.11. The fourth-order valence-corrected chi connectivity index (χ4v) is 4.41. The van der Waals surface area contributed by atoms with Gasteiger partial charge in [-0.2, -0.15) is 5.26 Å². The average Bonchev–Trinajstić information content (AvgIpc) is 2.77. The molecule has 158 valence electrons. The Hall–Kier alpha value is -2.46. The first-order chi connectivity index (χ1) is 14.9. The number of hydrogen-bond acceptors (Lipinski definition) is 4. The van der Waals surface area contributed by atoms with Crippen molar-refractivity contribution < 1.29 is 14.2 Å². The summed E-state index contributed by atoms with van der Waals surface area (Å²) < 4.78 is 18.4. The molecular formula is C24H18Br2ClNO3. The van der Waals surface area contributed by atoms with E-state index in [4.69, 9.17) is 25.8 Å². The number of nitriles is 1. The van der Waals surface area contributed by atoms with E-state index in [2.05, 4.69) is 37.9 Å². The van der Waals surface area contributed by atoms with Crippen LogP contribution in [0.15, 0.2) is 63.5 Å². The molecule has 0 spiro atoms. The van der Waals surface area contributed by atoms with Gasteiger partial charge in [-0.3, -0.25) is 0 Å². The van der Waals surface area contributed by atoms with Gasteiger partial charge in [0.05, 0.1) is 30.3 Å². The lowest BCUT2D eigenvalue weighted by atomic mass is 10.0. The second kappa shape index (κ2) is 10.7. The van der Waals surface area contributed by atoms with Crippen molar-refractivity contribution in [2.24, 2.45) is 0 Å². The highest BCUT2D eigenvalue weighted by atomic mass is 79.9.